The Morgan fingerprint density at radius 2 is 1.90 bits per heavy atom. The van der Waals surface area contributed by atoms with Gasteiger partial charge in [0.15, 0.2) is 0 Å². The molecule has 0 aromatic heterocycles. The second-order valence-electron chi connectivity index (χ2n) is 11.0. The highest BCUT2D eigenvalue weighted by molar-refractivity contribution is 6.47. The molecule has 3 aliphatic rings. The molecule has 0 spiro atoms. The molecule has 0 aliphatic carbocycles. The lowest BCUT2D eigenvalue weighted by Gasteiger charge is -2.38. The van der Waals surface area contributed by atoms with Crippen molar-refractivity contribution in [1.82, 2.24) is 4.90 Å². The topological polar surface area (TPSA) is 68.2 Å². The van der Waals surface area contributed by atoms with Gasteiger partial charge in [-0.05, 0) is 69.1 Å². The molecule has 2 atom stereocenters. The van der Waals surface area contributed by atoms with Crippen LogP contribution in [0.25, 0.3) is 0 Å². The van der Waals surface area contributed by atoms with Crippen molar-refractivity contribution in [3.8, 4) is 0 Å². The molecule has 3 aliphatic heterocycles. The van der Waals surface area contributed by atoms with Crippen molar-refractivity contribution in [2.24, 2.45) is 5.41 Å². The monoisotopic (exact) mass is 429 g/mol. The van der Waals surface area contributed by atoms with Crippen LogP contribution in [0.2, 0.25) is 0 Å². The van der Waals surface area contributed by atoms with Gasteiger partial charge in [0.25, 0.3) is 0 Å². The first kappa shape index (κ1) is 22.6. The average molecular weight is 429 g/mol. The zero-order valence-corrected chi connectivity index (χ0v) is 19.7. The minimum Gasteiger partial charge on any atom is -0.465 e. The van der Waals surface area contributed by atoms with Crippen LogP contribution in [-0.4, -0.2) is 53.6 Å². The Balaban J connectivity index is 1.60. The molecule has 6 nitrogen and oxygen atoms in total. The predicted molar refractivity (Wildman–Crippen MR) is 120 cm³/mol. The number of hydrogen-bond donors (Lipinski definition) is 1. The number of rotatable bonds is 4. The summed E-state index contributed by atoms with van der Waals surface area (Å²) < 4.78 is 18.7. The molecule has 2 unspecified atom stereocenters. The zero-order valence-electron chi connectivity index (χ0n) is 19.7. The predicted octanol–water partition coefficient (Wildman–Crippen LogP) is 4.64. The Labute approximate surface area is 186 Å². The van der Waals surface area contributed by atoms with E-state index in [-0.39, 0.29) is 35.6 Å². The first-order chi connectivity index (χ1) is 14.4. The summed E-state index contributed by atoms with van der Waals surface area (Å²) in [7, 11) is -0.343. The fourth-order valence-electron chi connectivity index (χ4n) is 5.42. The van der Waals surface area contributed by atoms with Crippen molar-refractivity contribution in [1.29, 1.82) is 0 Å². The number of carbonyl (C=O) groups is 1. The molecule has 4 rings (SSSR count). The first-order valence-corrected chi connectivity index (χ1v) is 11.5. The smallest absolute Gasteiger partial charge is 0.465 e. The van der Waals surface area contributed by atoms with Gasteiger partial charge in [0.1, 0.15) is 0 Å². The highest BCUT2D eigenvalue weighted by Crippen LogP contribution is 2.44. The Morgan fingerprint density at radius 1 is 1.23 bits per heavy atom. The van der Waals surface area contributed by atoms with Gasteiger partial charge in [0.2, 0.25) is 0 Å². The molecule has 1 amide bonds. The Hall–Kier alpha value is -1.57. The van der Waals surface area contributed by atoms with Gasteiger partial charge >= 0.3 is 13.2 Å². The van der Waals surface area contributed by atoms with E-state index in [1.165, 1.54) is 16.7 Å². The number of hydrogen-bond acceptors (Lipinski definition) is 4. The summed E-state index contributed by atoms with van der Waals surface area (Å²) in [6.45, 7) is 14.5. The van der Waals surface area contributed by atoms with E-state index in [0.29, 0.717) is 19.8 Å². The van der Waals surface area contributed by atoms with Crippen LogP contribution in [-0.2, 0) is 27.1 Å². The van der Waals surface area contributed by atoms with E-state index in [1.807, 2.05) is 0 Å². The van der Waals surface area contributed by atoms with E-state index in [0.717, 1.165) is 19.3 Å². The molecule has 31 heavy (non-hydrogen) atoms. The SMILES string of the molecule is CC(C)(Cc1cccc2c1COCC2B1OC(C)(C)C(C)(C)O1)C1CCCN1C(=O)O. The van der Waals surface area contributed by atoms with E-state index in [9.17, 15) is 9.90 Å². The van der Waals surface area contributed by atoms with E-state index < -0.39 is 6.09 Å². The van der Waals surface area contributed by atoms with Crippen molar-refractivity contribution < 1.29 is 23.9 Å². The van der Waals surface area contributed by atoms with E-state index in [1.54, 1.807) is 4.90 Å². The maximum absolute atomic E-state index is 11.7. The maximum Gasteiger partial charge on any atom is 0.468 e. The van der Waals surface area contributed by atoms with Gasteiger partial charge in [-0.15, -0.1) is 0 Å². The largest absolute Gasteiger partial charge is 0.468 e. The van der Waals surface area contributed by atoms with Crippen molar-refractivity contribution >= 4 is 13.2 Å². The summed E-state index contributed by atoms with van der Waals surface area (Å²) >= 11 is 0. The fraction of sp³-hybridized carbons (Fsp3) is 0.708. The van der Waals surface area contributed by atoms with Crippen molar-refractivity contribution in [3.05, 3.63) is 34.9 Å². The second-order valence-corrected chi connectivity index (χ2v) is 11.0. The number of carboxylic acid groups (broad SMARTS) is 1. The summed E-state index contributed by atoms with van der Waals surface area (Å²) in [6.07, 6.45) is 1.85. The van der Waals surface area contributed by atoms with Crippen LogP contribution in [0.15, 0.2) is 18.2 Å². The molecule has 2 fully saturated rings. The number of likely N-dealkylation sites (tertiary alicyclic amines) is 1. The number of amides is 1. The van der Waals surface area contributed by atoms with E-state index in [4.69, 9.17) is 14.0 Å². The highest BCUT2D eigenvalue weighted by atomic mass is 16.7. The van der Waals surface area contributed by atoms with Crippen LogP contribution in [0.5, 0.6) is 0 Å². The maximum atomic E-state index is 11.7. The van der Waals surface area contributed by atoms with Gasteiger partial charge in [-0.25, -0.2) is 4.79 Å². The lowest BCUT2D eigenvalue weighted by atomic mass is 9.65. The number of ether oxygens (including phenoxy) is 1. The van der Waals surface area contributed by atoms with E-state index in [2.05, 4.69) is 59.7 Å². The summed E-state index contributed by atoms with van der Waals surface area (Å²) in [5, 5.41) is 9.62. The Kier molecular flexibility index (Phi) is 5.68. The van der Waals surface area contributed by atoms with Gasteiger partial charge in [-0.3, -0.25) is 0 Å². The molecular weight excluding hydrogens is 393 g/mol. The van der Waals surface area contributed by atoms with Gasteiger partial charge in [0, 0.05) is 18.4 Å². The summed E-state index contributed by atoms with van der Waals surface area (Å²) in [4.78, 5) is 13.3. The normalized spacial score (nSPS) is 27.4. The molecule has 170 valence electrons. The van der Waals surface area contributed by atoms with E-state index >= 15 is 0 Å². The lowest BCUT2D eigenvalue weighted by molar-refractivity contribution is 0.00578. The van der Waals surface area contributed by atoms with Crippen LogP contribution in [0.3, 0.4) is 0 Å². The summed E-state index contributed by atoms with van der Waals surface area (Å²) in [5.41, 5.74) is 2.76. The third-order valence-corrected chi connectivity index (χ3v) is 7.90. The standard InChI is InChI=1S/C24H36BNO5/c1-22(2,20-11-8-12-26(20)21(27)28)13-16-9-7-10-17-18(16)14-29-15-19(17)25-30-23(3,4)24(5,6)31-25/h7,9-10,19-20H,8,11-15H2,1-6H3,(H,27,28). The molecule has 0 saturated carbocycles. The van der Waals surface area contributed by atoms with Crippen LogP contribution in [0.1, 0.15) is 76.9 Å². The van der Waals surface area contributed by atoms with Crippen molar-refractivity contribution in [2.75, 3.05) is 13.2 Å². The van der Waals surface area contributed by atoms with Crippen LogP contribution < -0.4 is 0 Å². The average Bonchev–Trinajstić information content (AvgIpc) is 3.25. The van der Waals surface area contributed by atoms with Gasteiger partial charge in [0.05, 0.1) is 24.4 Å². The van der Waals surface area contributed by atoms with Gasteiger partial charge in [-0.2, -0.15) is 0 Å². The minimum absolute atomic E-state index is 0.0230. The highest BCUT2D eigenvalue weighted by Gasteiger charge is 2.54. The number of nitrogens with zero attached hydrogens (tertiary/aromatic N) is 1. The first-order valence-electron chi connectivity index (χ1n) is 11.5. The summed E-state index contributed by atoms with van der Waals surface area (Å²) in [6, 6.07) is 6.47. The molecule has 2 saturated heterocycles. The molecule has 0 bridgehead atoms. The van der Waals surface area contributed by atoms with Crippen molar-refractivity contribution in [3.63, 3.8) is 0 Å². The van der Waals surface area contributed by atoms with Crippen LogP contribution >= 0.6 is 0 Å². The fourth-order valence-corrected chi connectivity index (χ4v) is 5.42. The summed E-state index contributed by atoms with van der Waals surface area (Å²) in [5.74, 6) is 0.0230. The molecule has 7 heteroatoms. The van der Waals surface area contributed by atoms with Crippen LogP contribution in [0.4, 0.5) is 4.79 Å². The molecule has 0 radical (unpaired) electrons. The number of fused-ring (bicyclic) bond motifs is 1. The third kappa shape index (κ3) is 4.01. The second kappa shape index (κ2) is 7.78. The van der Waals surface area contributed by atoms with Gasteiger partial charge in [-0.1, -0.05) is 32.0 Å². The van der Waals surface area contributed by atoms with Crippen LogP contribution in [0, 0.1) is 5.41 Å². The molecular formula is C24H36BNO5. The molecule has 3 heterocycles. The lowest BCUT2D eigenvalue weighted by Crippen LogP contribution is -2.45. The minimum atomic E-state index is -0.810. The molecule has 1 aromatic rings. The quantitative estimate of drug-likeness (QED) is 0.707. The zero-order chi connectivity index (χ0) is 22.6. The third-order valence-electron chi connectivity index (χ3n) is 7.90. The Bertz CT molecular complexity index is 836. The van der Waals surface area contributed by atoms with Crippen molar-refractivity contribution in [2.45, 2.75) is 90.5 Å². The van der Waals surface area contributed by atoms with Gasteiger partial charge < -0.3 is 24.1 Å². The number of benzene rings is 1. The molecule has 1 aromatic carbocycles. The molecule has 1 N–H and O–H groups in total. The Morgan fingerprint density at radius 3 is 2.55 bits per heavy atom.